The Kier molecular flexibility index (Phi) is 3.74. The Hall–Kier alpha value is -0.710. The molecule has 2 aromatic rings. The molecule has 16 heavy (non-hydrogen) atoms. The van der Waals surface area contributed by atoms with Crippen LogP contribution >= 0.6 is 34.7 Å². The molecule has 0 amide bonds. The average Bonchev–Trinajstić information content (AvgIpc) is 2.66. The molecule has 0 aliphatic heterocycles. The summed E-state index contributed by atoms with van der Waals surface area (Å²) in [6.07, 6.45) is 0. The van der Waals surface area contributed by atoms with E-state index in [0.29, 0.717) is 0 Å². The number of rotatable bonds is 3. The Morgan fingerprint density at radius 2 is 2.12 bits per heavy atom. The molecule has 0 saturated carbocycles. The fourth-order valence-electron chi connectivity index (χ4n) is 1.18. The van der Waals surface area contributed by atoms with Gasteiger partial charge in [-0.15, -0.1) is 23.1 Å². The number of nitrogen functional groups attached to an aromatic ring is 1. The van der Waals surface area contributed by atoms with Crippen LogP contribution in [0, 0.1) is 5.82 Å². The van der Waals surface area contributed by atoms with Crippen LogP contribution in [0.1, 0.15) is 4.88 Å². The van der Waals surface area contributed by atoms with Crippen LogP contribution in [-0.2, 0) is 5.75 Å². The van der Waals surface area contributed by atoms with Gasteiger partial charge in [0.25, 0.3) is 0 Å². The Labute approximate surface area is 106 Å². The van der Waals surface area contributed by atoms with E-state index < -0.39 is 0 Å². The van der Waals surface area contributed by atoms with Gasteiger partial charge < -0.3 is 5.73 Å². The van der Waals surface area contributed by atoms with Gasteiger partial charge in [-0.05, 0) is 30.3 Å². The summed E-state index contributed by atoms with van der Waals surface area (Å²) in [5.41, 5.74) is 5.58. The lowest BCUT2D eigenvalue weighted by Crippen LogP contribution is -1.89. The average molecular weight is 274 g/mol. The van der Waals surface area contributed by atoms with Gasteiger partial charge >= 0.3 is 0 Å². The topological polar surface area (TPSA) is 26.0 Å². The summed E-state index contributed by atoms with van der Waals surface area (Å²) in [7, 11) is 0. The highest BCUT2D eigenvalue weighted by molar-refractivity contribution is 7.98. The highest BCUT2D eigenvalue weighted by Gasteiger charge is 2.02. The van der Waals surface area contributed by atoms with Crippen molar-refractivity contribution < 1.29 is 4.39 Å². The molecular weight excluding hydrogens is 265 g/mol. The maximum atomic E-state index is 13.2. The lowest BCUT2D eigenvalue weighted by Gasteiger charge is -2.01. The smallest absolute Gasteiger partial charge is 0.147 e. The Bertz CT molecular complexity index is 498. The number of thiophene rings is 1. The van der Waals surface area contributed by atoms with Gasteiger partial charge in [0.05, 0.1) is 10.0 Å². The third kappa shape index (κ3) is 2.90. The Balaban J connectivity index is 2.02. The van der Waals surface area contributed by atoms with Crippen LogP contribution in [0.4, 0.5) is 10.1 Å². The third-order valence-electron chi connectivity index (χ3n) is 1.98. The van der Waals surface area contributed by atoms with Crippen LogP contribution in [0.25, 0.3) is 0 Å². The molecule has 0 saturated heterocycles. The summed E-state index contributed by atoms with van der Waals surface area (Å²) in [5, 5.41) is 0. The monoisotopic (exact) mass is 273 g/mol. The van der Waals surface area contributed by atoms with E-state index in [4.69, 9.17) is 17.3 Å². The second kappa shape index (κ2) is 5.08. The number of halogens is 2. The lowest BCUT2D eigenvalue weighted by atomic mass is 10.3. The second-order valence-electron chi connectivity index (χ2n) is 3.18. The van der Waals surface area contributed by atoms with Crippen LogP contribution < -0.4 is 5.73 Å². The maximum Gasteiger partial charge on any atom is 0.147 e. The zero-order chi connectivity index (χ0) is 11.5. The van der Waals surface area contributed by atoms with Crippen molar-refractivity contribution in [2.45, 2.75) is 10.6 Å². The van der Waals surface area contributed by atoms with Crippen LogP contribution in [-0.4, -0.2) is 0 Å². The molecule has 0 bridgehead atoms. The lowest BCUT2D eigenvalue weighted by molar-refractivity contribution is 0.629. The van der Waals surface area contributed by atoms with E-state index >= 15 is 0 Å². The normalized spacial score (nSPS) is 10.6. The number of benzene rings is 1. The second-order valence-corrected chi connectivity index (χ2v) is 6.03. The van der Waals surface area contributed by atoms with Crippen LogP contribution in [0.3, 0.4) is 0 Å². The largest absolute Gasteiger partial charge is 0.396 e. The molecule has 0 atom stereocenters. The summed E-state index contributed by atoms with van der Waals surface area (Å²) in [6, 6.07) is 8.70. The van der Waals surface area contributed by atoms with Gasteiger partial charge in [0.15, 0.2) is 0 Å². The molecule has 0 aliphatic rings. The number of hydrogen-bond acceptors (Lipinski definition) is 3. The maximum absolute atomic E-state index is 13.2. The first-order chi connectivity index (χ1) is 7.65. The van der Waals surface area contributed by atoms with Gasteiger partial charge in [-0.25, -0.2) is 4.39 Å². The Morgan fingerprint density at radius 3 is 2.75 bits per heavy atom. The molecule has 5 heteroatoms. The highest BCUT2D eigenvalue weighted by atomic mass is 35.5. The minimum absolute atomic E-state index is 0.184. The zero-order valence-corrected chi connectivity index (χ0v) is 10.6. The van der Waals surface area contributed by atoms with Crippen LogP contribution in [0.5, 0.6) is 0 Å². The van der Waals surface area contributed by atoms with E-state index in [2.05, 4.69) is 0 Å². The van der Waals surface area contributed by atoms with Gasteiger partial charge in [0.1, 0.15) is 5.82 Å². The summed E-state index contributed by atoms with van der Waals surface area (Å²) in [6.45, 7) is 0. The number of anilines is 1. The molecule has 0 radical (unpaired) electrons. The van der Waals surface area contributed by atoms with Gasteiger partial charge in [0, 0.05) is 15.5 Å². The molecule has 0 unspecified atom stereocenters. The summed E-state index contributed by atoms with van der Waals surface area (Å²) < 4.78 is 13.9. The molecule has 2 N–H and O–H groups in total. The van der Waals surface area contributed by atoms with E-state index in [1.165, 1.54) is 10.9 Å². The molecule has 2 rings (SSSR count). The Morgan fingerprint density at radius 1 is 1.31 bits per heavy atom. The number of nitrogens with two attached hydrogens (primary N) is 1. The first-order valence-electron chi connectivity index (χ1n) is 4.57. The fourth-order valence-corrected chi connectivity index (χ4v) is 3.23. The molecule has 0 spiro atoms. The molecule has 0 fully saturated rings. The van der Waals surface area contributed by atoms with Crippen molar-refractivity contribution in [1.82, 2.24) is 0 Å². The fraction of sp³-hybridized carbons (Fsp3) is 0.0909. The standard InChI is InChI=1S/C11H9ClFNS2/c12-11-4-2-8(16-11)6-15-7-1-3-10(14)9(13)5-7/h1-5H,6,14H2. The van der Waals surface area contributed by atoms with Crippen LogP contribution in [0.2, 0.25) is 4.34 Å². The van der Waals surface area contributed by atoms with Crippen molar-refractivity contribution in [3.63, 3.8) is 0 Å². The number of hydrogen-bond donors (Lipinski definition) is 1. The minimum Gasteiger partial charge on any atom is -0.396 e. The van der Waals surface area contributed by atoms with Crippen molar-refractivity contribution in [1.29, 1.82) is 0 Å². The van der Waals surface area contributed by atoms with E-state index in [1.54, 1.807) is 29.2 Å². The third-order valence-corrected chi connectivity index (χ3v) is 4.44. The minimum atomic E-state index is -0.366. The van der Waals surface area contributed by atoms with Gasteiger partial charge in [-0.3, -0.25) is 0 Å². The zero-order valence-electron chi connectivity index (χ0n) is 8.24. The molecule has 84 valence electrons. The van der Waals surface area contributed by atoms with Crippen molar-refractivity contribution in [3.8, 4) is 0 Å². The van der Waals surface area contributed by atoms with Crippen LogP contribution in [0.15, 0.2) is 35.2 Å². The van der Waals surface area contributed by atoms with Crippen molar-refractivity contribution >= 4 is 40.4 Å². The molecule has 1 heterocycles. The molecular formula is C11H9ClFNS2. The summed E-state index contributed by atoms with van der Waals surface area (Å²) in [5.74, 6) is 0.426. The van der Waals surface area contributed by atoms with Gasteiger partial charge in [-0.1, -0.05) is 11.6 Å². The predicted octanol–water partition coefficient (Wildman–Crippen LogP) is 4.42. The van der Waals surface area contributed by atoms with E-state index in [0.717, 1.165) is 15.0 Å². The predicted molar refractivity (Wildman–Crippen MR) is 69.7 cm³/mol. The van der Waals surface area contributed by atoms with E-state index in [-0.39, 0.29) is 11.5 Å². The van der Waals surface area contributed by atoms with E-state index in [1.807, 2.05) is 18.2 Å². The summed E-state index contributed by atoms with van der Waals surface area (Å²) in [4.78, 5) is 2.04. The first kappa shape index (κ1) is 11.8. The highest BCUT2D eigenvalue weighted by Crippen LogP contribution is 2.29. The molecule has 1 aromatic carbocycles. The van der Waals surface area contributed by atoms with Crippen molar-refractivity contribution in [2.75, 3.05) is 5.73 Å². The van der Waals surface area contributed by atoms with E-state index in [9.17, 15) is 4.39 Å². The van der Waals surface area contributed by atoms with Crippen molar-refractivity contribution in [3.05, 3.63) is 45.4 Å². The SMILES string of the molecule is Nc1ccc(SCc2ccc(Cl)s2)cc1F. The summed E-state index contributed by atoms with van der Waals surface area (Å²) >= 11 is 8.93. The molecule has 1 aromatic heterocycles. The molecule has 0 aliphatic carbocycles. The quantitative estimate of drug-likeness (QED) is 0.662. The van der Waals surface area contributed by atoms with Gasteiger partial charge in [0.2, 0.25) is 0 Å². The number of thioether (sulfide) groups is 1. The molecule has 1 nitrogen and oxygen atoms in total. The van der Waals surface area contributed by atoms with Gasteiger partial charge in [-0.2, -0.15) is 0 Å². The first-order valence-corrected chi connectivity index (χ1v) is 6.75. The van der Waals surface area contributed by atoms with Crippen molar-refractivity contribution in [2.24, 2.45) is 0 Å².